The van der Waals surface area contributed by atoms with E-state index in [0.717, 1.165) is 0 Å². The Morgan fingerprint density at radius 2 is 2.18 bits per heavy atom. The van der Waals surface area contributed by atoms with Crippen molar-refractivity contribution in [3.05, 3.63) is 29.8 Å². The SMILES string of the molecule is N#CCC1CN(c2ccccc2C#N)C(=O)O1. The Kier molecular flexibility index (Phi) is 2.93. The molecule has 1 aliphatic rings. The van der Waals surface area contributed by atoms with E-state index in [-0.39, 0.29) is 6.42 Å². The summed E-state index contributed by atoms with van der Waals surface area (Å²) in [7, 11) is 0. The van der Waals surface area contributed by atoms with E-state index in [1.807, 2.05) is 12.1 Å². The lowest BCUT2D eigenvalue weighted by molar-refractivity contribution is 0.143. The van der Waals surface area contributed by atoms with Crippen molar-refractivity contribution >= 4 is 11.8 Å². The van der Waals surface area contributed by atoms with Gasteiger partial charge in [0.1, 0.15) is 12.2 Å². The van der Waals surface area contributed by atoms with Crippen molar-refractivity contribution in [2.45, 2.75) is 12.5 Å². The lowest BCUT2D eigenvalue weighted by Gasteiger charge is -2.13. The summed E-state index contributed by atoms with van der Waals surface area (Å²) in [5.74, 6) is 0. The Morgan fingerprint density at radius 3 is 2.88 bits per heavy atom. The highest BCUT2D eigenvalue weighted by molar-refractivity contribution is 5.91. The van der Waals surface area contributed by atoms with Gasteiger partial charge in [0, 0.05) is 0 Å². The molecule has 0 aromatic heterocycles. The number of rotatable bonds is 2. The molecule has 5 nitrogen and oxygen atoms in total. The van der Waals surface area contributed by atoms with Crippen molar-refractivity contribution in [2.24, 2.45) is 0 Å². The molecule has 0 saturated carbocycles. The van der Waals surface area contributed by atoms with E-state index in [4.69, 9.17) is 15.3 Å². The van der Waals surface area contributed by atoms with Crippen molar-refractivity contribution in [2.75, 3.05) is 11.4 Å². The minimum Gasteiger partial charge on any atom is -0.443 e. The van der Waals surface area contributed by atoms with Crippen LogP contribution in [0.25, 0.3) is 0 Å². The van der Waals surface area contributed by atoms with Gasteiger partial charge in [0.15, 0.2) is 0 Å². The monoisotopic (exact) mass is 227 g/mol. The van der Waals surface area contributed by atoms with Crippen LogP contribution in [0.2, 0.25) is 0 Å². The molecule has 1 amide bonds. The number of anilines is 1. The lowest BCUT2D eigenvalue weighted by atomic mass is 10.1. The molecule has 1 aliphatic heterocycles. The molecule has 1 atom stereocenters. The van der Waals surface area contributed by atoms with Crippen LogP contribution in [-0.2, 0) is 4.74 Å². The lowest BCUT2D eigenvalue weighted by Crippen LogP contribution is -2.25. The van der Waals surface area contributed by atoms with Gasteiger partial charge in [-0.2, -0.15) is 10.5 Å². The fourth-order valence-electron chi connectivity index (χ4n) is 1.73. The Bertz CT molecular complexity index is 527. The zero-order chi connectivity index (χ0) is 12.3. The number of cyclic esters (lactones) is 1. The summed E-state index contributed by atoms with van der Waals surface area (Å²) in [6.07, 6.45) is -0.760. The molecule has 0 spiro atoms. The molecule has 1 unspecified atom stereocenters. The normalized spacial score (nSPS) is 18.4. The fraction of sp³-hybridized carbons (Fsp3) is 0.250. The Balaban J connectivity index is 2.27. The minimum absolute atomic E-state index is 0.164. The molecule has 0 bridgehead atoms. The first-order chi connectivity index (χ1) is 8.26. The van der Waals surface area contributed by atoms with Crippen LogP contribution < -0.4 is 4.90 Å². The number of hydrogen-bond acceptors (Lipinski definition) is 4. The zero-order valence-corrected chi connectivity index (χ0v) is 8.96. The molecule has 1 aromatic carbocycles. The van der Waals surface area contributed by atoms with Gasteiger partial charge in [0.05, 0.1) is 30.3 Å². The zero-order valence-electron chi connectivity index (χ0n) is 8.96. The van der Waals surface area contributed by atoms with Gasteiger partial charge in [-0.1, -0.05) is 12.1 Å². The standard InChI is InChI=1S/C12H9N3O2/c13-6-5-10-8-15(12(16)17-10)11-4-2-1-3-9(11)7-14/h1-4,10H,5,8H2. The third-order valence-electron chi connectivity index (χ3n) is 2.51. The maximum atomic E-state index is 11.6. The molecule has 0 aliphatic carbocycles. The molecule has 1 aromatic rings. The number of nitriles is 2. The minimum atomic E-state index is -0.507. The van der Waals surface area contributed by atoms with E-state index in [1.54, 1.807) is 24.3 Å². The number of amides is 1. The molecule has 0 N–H and O–H groups in total. The molecule has 0 radical (unpaired) electrons. The van der Waals surface area contributed by atoms with E-state index < -0.39 is 12.2 Å². The van der Waals surface area contributed by atoms with E-state index in [1.165, 1.54) is 4.90 Å². The van der Waals surface area contributed by atoms with Crippen molar-refractivity contribution in [1.82, 2.24) is 0 Å². The van der Waals surface area contributed by atoms with E-state index >= 15 is 0 Å². The number of benzene rings is 1. The van der Waals surface area contributed by atoms with Gasteiger partial charge in [0.25, 0.3) is 0 Å². The van der Waals surface area contributed by atoms with Gasteiger partial charge in [-0.15, -0.1) is 0 Å². The maximum absolute atomic E-state index is 11.6. The summed E-state index contributed by atoms with van der Waals surface area (Å²) in [4.78, 5) is 13.0. The van der Waals surface area contributed by atoms with Crippen molar-refractivity contribution in [1.29, 1.82) is 10.5 Å². The van der Waals surface area contributed by atoms with Crippen LogP contribution >= 0.6 is 0 Å². The second-order valence-electron chi connectivity index (χ2n) is 3.61. The molecule has 5 heteroatoms. The smallest absolute Gasteiger partial charge is 0.414 e. The van der Waals surface area contributed by atoms with Crippen LogP contribution in [0, 0.1) is 22.7 Å². The van der Waals surface area contributed by atoms with E-state index in [0.29, 0.717) is 17.8 Å². The number of nitrogens with zero attached hydrogens (tertiary/aromatic N) is 3. The number of para-hydroxylation sites is 1. The quantitative estimate of drug-likeness (QED) is 0.771. The van der Waals surface area contributed by atoms with Gasteiger partial charge in [-0.25, -0.2) is 4.79 Å². The Morgan fingerprint density at radius 1 is 1.41 bits per heavy atom. The number of carbonyl (C=O) groups is 1. The summed E-state index contributed by atoms with van der Waals surface area (Å²) in [6, 6.07) is 10.8. The fourth-order valence-corrected chi connectivity index (χ4v) is 1.73. The summed E-state index contributed by atoms with van der Waals surface area (Å²) in [5.41, 5.74) is 0.947. The van der Waals surface area contributed by atoms with Gasteiger partial charge >= 0.3 is 6.09 Å². The van der Waals surface area contributed by atoms with Crippen LogP contribution in [0.15, 0.2) is 24.3 Å². The van der Waals surface area contributed by atoms with Crippen LogP contribution in [0.4, 0.5) is 10.5 Å². The first-order valence-electron chi connectivity index (χ1n) is 5.10. The highest BCUT2D eigenvalue weighted by atomic mass is 16.6. The topological polar surface area (TPSA) is 77.1 Å². The number of ether oxygens (including phenoxy) is 1. The third kappa shape index (κ3) is 2.04. The maximum Gasteiger partial charge on any atom is 0.414 e. The number of carbonyl (C=O) groups excluding carboxylic acids is 1. The third-order valence-corrected chi connectivity index (χ3v) is 2.51. The summed E-state index contributed by atoms with van der Waals surface area (Å²) >= 11 is 0. The molecule has 1 saturated heterocycles. The average Bonchev–Trinajstić information content (AvgIpc) is 2.70. The Hall–Kier alpha value is -2.53. The molecular formula is C12H9N3O2. The van der Waals surface area contributed by atoms with Crippen molar-refractivity contribution in [3.63, 3.8) is 0 Å². The largest absolute Gasteiger partial charge is 0.443 e. The predicted octanol–water partition coefficient (Wildman–Crippen LogP) is 1.80. The van der Waals surface area contributed by atoms with Crippen LogP contribution in [0.5, 0.6) is 0 Å². The highest BCUT2D eigenvalue weighted by Gasteiger charge is 2.33. The molecule has 17 heavy (non-hydrogen) atoms. The summed E-state index contributed by atoms with van der Waals surface area (Å²) in [5, 5.41) is 17.5. The van der Waals surface area contributed by atoms with Crippen molar-refractivity contribution in [3.8, 4) is 12.1 Å². The van der Waals surface area contributed by atoms with Crippen LogP contribution in [-0.4, -0.2) is 18.7 Å². The first kappa shape index (κ1) is 11.0. The van der Waals surface area contributed by atoms with Crippen LogP contribution in [0.1, 0.15) is 12.0 Å². The summed E-state index contributed by atoms with van der Waals surface area (Å²) in [6.45, 7) is 0.311. The summed E-state index contributed by atoms with van der Waals surface area (Å²) < 4.78 is 5.02. The van der Waals surface area contributed by atoms with Crippen molar-refractivity contribution < 1.29 is 9.53 Å². The second-order valence-corrected chi connectivity index (χ2v) is 3.61. The molecule has 1 heterocycles. The number of hydrogen-bond donors (Lipinski definition) is 0. The molecular weight excluding hydrogens is 218 g/mol. The van der Waals surface area contributed by atoms with E-state index in [2.05, 4.69) is 0 Å². The molecule has 84 valence electrons. The van der Waals surface area contributed by atoms with E-state index in [9.17, 15) is 4.79 Å². The van der Waals surface area contributed by atoms with Gasteiger partial charge in [0.2, 0.25) is 0 Å². The predicted molar refractivity (Wildman–Crippen MR) is 59.0 cm³/mol. The molecule has 2 rings (SSSR count). The van der Waals surface area contributed by atoms with Crippen LogP contribution in [0.3, 0.4) is 0 Å². The molecule has 1 fully saturated rings. The Labute approximate surface area is 98.4 Å². The average molecular weight is 227 g/mol. The first-order valence-corrected chi connectivity index (χ1v) is 5.10. The van der Waals surface area contributed by atoms with Gasteiger partial charge < -0.3 is 4.74 Å². The van der Waals surface area contributed by atoms with Gasteiger partial charge in [-0.05, 0) is 12.1 Å². The highest BCUT2D eigenvalue weighted by Crippen LogP contribution is 2.25. The second kappa shape index (κ2) is 4.54. The van der Waals surface area contributed by atoms with Gasteiger partial charge in [-0.3, -0.25) is 4.90 Å².